The number of carbonyl (C=O) groups is 1. The van der Waals surface area contributed by atoms with Gasteiger partial charge in [0.05, 0.1) is 16.6 Å². The van der Waals surface area contributed by atoms with Crippen molar-refractivity contribution in [3.63, 3.8) is 0 Å². The largest absolute Gasteiger partial charge is 0.349 e. The molecular formula is C21H30N4O2. The minimum atomic E-state index is -0.0265. The first-order valence-corrected chi connectivity index (χ1v) is 10.1. The highest BCUT2D eigenvalue weighted by molar-refractivity contribution is 6.06. The molecule has 27 heavy (non-hydrogen) atoms. The van der Waals surface area contributed by atoms with E-state index in [0.717, 1.165) is 55.5 Å². The smallest absolute Gasteiger partial charge is 0.259 e. The van der Waals surface area contributed by atoms with Crippen LogP contribution in [0.3, 0.4) is 0 Å². The van der Waals surface area contributed by atoms with Crippen LogP contribution < -0.4 is 10.6 Å². The molecule has 2 aromatic rings. The van der Waals surface area contributed by atoms with Crippen molar-refractivity contribution in [2.24, 2.45) is 11.3 Å². The second-order valence-corrected chi connectivity index (χ2v) is 9.47. The SMILES string of the molecule is CC1CNCCC1NC(=O)c1cc(C2CC2)nc2onc(CC(C)(C)C)c12. The maximum atomic E-state index is 13.3. The number of amides is 1. The first kappa shape index (κ1) is 18.4. The molecular weight excluding hydrogens is 340 g/mol. The van der Waals surface area contributed by atoms with Crippen LogP contribution in [0.15, 0.2) is 10.6 Å². The third-order valence-electron chi connectivity index (χ3n) is 5.58. The van der Waals surface area contributed by atoms with Gasteiger partial charge < -0.3 is 15.2 Å². The van der Waals surface area contributed by atoms with Gasteiger partial charge >= 0.3 is 0 Å². The third-order valence-corrected chi connectivity index (χ3v) is 5.58. The van der Waals surface area contributed by atoms with Crippen molar-refractivity contribution in [1.29, 1.82) is 0 Å². The molecule has 146 valence electrons. The molecule has 0 bridgehead atoms. The zero-order chi connectivity index (χ0) is 19.2. The number of nitrogens with one attached hydrogen (secondary N) is 2. The van der Waals surface area contributed by atoms with E-state index in [1.165, 1.54) is 0 Å². The second-order valence-electron chi connectivity index (χ2n) is 9.47. The summed E-state index contributed by atoms with van der Waals surface area (Å²) >= 11 is 0. The predicted octanol–water partition coefficient (Wildman–Crippen LogP) is 3.42. The molecule has 0 aromatic carbocycles. The van der Waals surface area contributed by atoms with Crippen LogP contribution in [0.5, 0.6) is 0 Å². The Kier molecular flexibility index (Phi) is 4.70. The average molecular weight is 370 g/mol. The number of hydrogen-bond donors (Lipinski definition) is 2. The highest BCUT2D eigenvalue weighted by atomic mass is 16.5. The second kappa shape index (κ2) is 6.89. The zero-order valence-electron chi connectivity index (χ0n) is 16.8. The number of piperidine rings is 1. The molecule has 3 heterocycles. The van der Waals surface area contributed by atoms with Crippen LogP contribution in [0.4, 0.5) is 0 Å². The van der Waals surface area contributed by atoms with Gasteiger partial charge in [0.2, 0.25) is 0 Å². The fourth-order valence-electron chi connectivity index (χ4n) is 3.89. The van der Waals surface area contributed by atoms with E-state index in [9.17, 15) is 4.79 Å². The highest BCUT2D eigenvalue weighted by Crippen LogP contribution is 2.41. The molecule has 4 rings (SSSR count). The summed E-state index contributed by atoms with van der Waals surface area (Å²) in [5, 5.41) is 11.7. The van der Waals surface area contributed by atoms with Crippen LogP contribution in [-0.4, -0.2) is 35.2 Å². The molecule has 1 aliphatic heterocycles. The minimum Gasteiger partial charge on any atom is -0.349 e. The number of nitrogens with zero attached hydrogens (tertiary/aromatic N) is 2. The first-order chi connectivity index (χ1) is 12.8. The molecule has 2 N–H and O–H groups in total. The summed E-state index contributed by atoms with van der Waals surface area (Å²) in [7, 11) is 0. The molecule has 6 heteroatoms. The molecule has 1 amide bonds. The van der Waals surface area contributed by atoms with E-state index >= 15 is 0 Å². The van der Waals surface area contributed by atoms with E-state index in [-0.39, 0.29) is 17.4 Å². The van der Waals surface area contributed by atoms with Gasteiger partial charge in [0.15, 0.2) is 0 Å². The number of fused-ring (bicyclic) bond motifs is 1. The van der Waals surface area contributed by atoms with E-state index in [4.69, 9.17) is 4.52 Å². The van der Waals surface area contributed by atoms with Gasteiger partial charge in [-0.1, -0.05) is 32.9 Å². The lowest BCUT2D eigenvalue weighted by Crippen LogP contribution is -2.48. The summed E-state index contributed by atoms with van der Waals surface area (Å²) in [6, 6.07) is 2.17. The number of hydrogen-bond acceptors (Lipinski definition) is 5. The molecule has 0 radical (unpaired) electrons. The highest BCUT2D eigenvalue weighted by Gasteiger charge is 2.31. The lowest BCUT2D eigenvalue weighted by atomic mass is 9.89. The number of aromatic nitrogens is 2. The summed E-state index contributed by atoms with van der Waals surface area (Å²) in [5.74, 6) is 0.843. The number of rotatable bonds is 4. The Hall–Kier alpha value is -1.95. The standard InChI is InChI=1S/C21H30N4O2/c1-12-11-22-8-7-15(12)23-19(26)14-9-16(13-5-6-13)24-20-18(14)17(25-27-20)10-21(2,3)4/h9,12-13,15,22H,5-8,10-11H2,1-4H3,(H,23,26). The Morgan fingerprint density at radius 2 is 2.11 bits per heavy atom. The lowest BCUT2D eigenvalue weighted by Gasteiger charge is -2.30. The summed E-state index contributed by atoms with van der Waals surface area (Å²) in [5.41, 5.74) is 3.02. The molecule has 2 aromatic heterocycles. The van der Waals surface area contributed by atoms with E-state index in [1.807, 2.05) is 6.07 Å². The summed E-state index contributed by atoms with van der Waals surface area (Å²) in [4.78, 5) is 17.9. The molecule has 2 fully saturated rings. The Morgan fingerprint density at radius 3 is 2.78 bits per heavy atom. The van der Waals surface area contributed by atoms with Gasteiger partial charge in [0.1, 0.15) is 0 Å². The van der Waals surface area contributed by atoms with Crippen LogP contribution in [0.2, 0.25) is 0 Å². The van der Waals surface area contributed by atoms with Crippen molar-refractivity contribution in [3.8, 4) is 0 Å². The van der Waals surface area contributed by atoms with E-state index in [2.05, 4.69) is 48.5 Å². The Labute approximate surface area is 160 Å². The summed E-state index contributed by atoms with van der Waals surface area (Å²) in [6.07, 6.45) is 3.96. The van der Waals surface area contributed by atoms with Gasteiger partial charge in [0.25, 0.3) is 11.6 Å². The van der Waals surface area contributed by atoms with Gasteiger partial charge in [-0.3, -0.25) is 4.79 Å². The topological polar surface area (TPSA) is 80.0 Å². The lowest BCUT2D eigenvalue weighted by molar-refractivity contribution is 0.0915. The maximum absolute atomic E-state index is 13.3. The van der Waals surface area contributed by atoms with Crippen molar-refractivity contribution in [2.45, 2.75) is 65.3 Å². The molecule has 1 saturated heterocycles. The Morgan fingerprint density at radius 1 is 1.33 bits per heavy atom. The third kappa shape index (κ3) is 4.00. The van der Waals surface area contributed by atoms with Gasteiger partial charge in [-0.15, -0.1) is 0 Å². The van der Waals surface area contributed by atoms with Crippen LogP contribution in [-0.2, 0) is 6.42 Å². The first-order valence-electron chi connectivity index (χ1n) is 10.1. The van der Waals surface area contributed by atoms with E-state index < -0.39 is 0 Å². The monoisotopic (exact) mass is 370 g/mol. The zero-order valence-corrected chi connectivity index (χ0v) is 16.8. The Balaban J connectivity index is 1.71. The van der Waals surface area contributed by atoms with Gasteiger partial charge in [-0.25, -0.2) is 4.98 Å². The van der Waals surface area contributed by atoms with Crippen molar-refractivity contribution in [1.82, 2.24) is 20.8 Å². The van der Waals surface area contributed by atoms with Crippen LogP contribution in [0.25, 0.3) is 11.1 Å². The van der Waals surface area contributed by atoms with Gasteiger partial charge in [0, 0.05) is 17.7 Å². The molecule has 6 nitrogen and oxygen atoms in total. The van der Waals surface area contributed by atoms with Crippen molar-refractivity contribution in [3.05, 3.63) is 23.0 Å². The van der Waals surface area contributed by atoms with E-state index in [0.29, 0.717) is 23.1 Å². The van der Waals surface area contributed by atoms with Gasteiger partial charge in [-0.05, 0) is 56.2 Å². The molecule has 2 atom stereocenters. The van der Waals surface area contributed by atoms with Crippen LogP contribution >= 0.6 is 0 Å². The average Bonchev–Trinajstić information content (AvgIpc) is 3.38. The molecule has 2 aliphatic rings. The molecule has 1 saturated carbocycles. The normalized spacial score (nSPS) is 23.6. The van der Waals surface area contributed by atoms with Crippen molar-refractivity contribution in [2.75, 3.05) is 13.1 Å². The van der Waals surface area contributed by atoms with E-state index in [1.54, 1.807) is 0 Å². The minimum absolute atomic E-state index is 0.0265. The van der Waals surface area contributed by atoms with Gasteiger partial charge in [-0.2, -0.15) is 0 Å². The molecule has 2 unspecified atom stereocenters. The van der Waals surface area contributed by atoms with Crippen molar-refractivity contribution >= 4 is 17.0 Å². The number of pyridine rings is 1. The van der Waals surface area contributed by atoms with Crippen LogP contribution in [0.1, 0.15) is 74.6 Å². The fraction of sp³-hybridized carbons (Fsp3) is 0.667. The fourth-order valence-corrected chi connectivity index (χ4v) is 3.89. The molecule has 1 aliphatic carbocycles. The quantitative estimate of drug-likeness (QED) is 0.862. The van der Waals surface area contributed by atoms with Crippen LogP contribution in [0, 0.1) is 11.3 Å². The summed E-state index contributed by atoms with van der Waals surface area (Å²) < 4.78 is 5.56. The number of carbonyl (C=O) groups excluding carboxylic acids is 1. The molecule has 0 spiro atoms. The Bertz CT molecular complexity index is 848. The van der Waals surface area contributed by atoms with Crippen molar-refractivity contribution < 1.29 is 9.32 Å². The predicted molar refractivity (Wildman–Crippen MR) is 105 cm³/mol. The maximum Gasteiger partial charge on any atom is 0.259 e. The summed E-state index contributed by atoms with van der Waals surface area (Å²) in [6.45, 7) is 10.5.